The van der Waals surface area contributed by atoms with E-state index in [0.717, 1.165) is 38.8 Å². The van der Waals surface area contributed by atoms with Crippen LogP contribution in [0.2, 0.25) is 0 Å². The highest BCUT2D eigenvalue weighted by Gasteiger charge is 2.32. The zero-order valence-corrected chi connectivity index (χ0v) is 14.7. The number of rotatable bonds is 2. The van der Waals surface area contributed by atoms with E-state index in [0.29, 0.717) is 11.9 Å². The zero-order valence-electron chi connectivity index (χ0n) is 13.1. The predicted octanol–water partition coefficient (Wildman–Crippen LogP) is 2.34. The van der Waals surface area contributed by atoms with Crippen LogP contribution in [0.1, 0.15) is 51.4 Å². The summed E-state index contributed by atoms with van der Waals surface area (Å²) in [4.78, 5) is 14.8. The van der Waals surface area contributed by atoms with Gasteiger partial charge in [0.15, 0.2) is 0 Å². The second-order valence-corrected chi connectivity index (χ2v) is 6.17. The van der Waals surface area contributed by atoms with Crippen LogP contribution in [0.25, 0.3) is 0 Å². The Morgan fingerprint density at radius 2 is 1.71 bits per heavy atom. The van der Waals surface area contributed by atoms with Crippen molar-refractivity contribution in [3.63, 3.8) is 0 Å². The van der Waals surface area contributed by atoms with Crippen molar-refractivity contribution in [3.05, 3.63) is 0 Å². The van der Waals surface area contributed by atoms with E-state index in [1.165, 1.54) is 25.7 Å². The van der Waals surface area contributed by atoms with Gasteiger partial charge in [-0.1, -0.05) is 25.7 Å². The lowest BCUT2D eigenvalue weighted by molar-refractivity contribution is -0.138. The summed E-state index contributed by atoms with van der Waals surface area (Å²) in [6, 6.07) is 0.533. The lowest BCUT2D eigenvalue weighted by atomic mass is 9.86. The molecule has 1 amide bonds. The van der Waals surface area contributed by atoms with Crippen molar-refractivity contribution in [3.8, 4) is 0 Å². The third-order valence-electron chi connectivity index (χ3n) is 4.78. The van der Waals surface area contributed by atoms with Crippen LogP contribution in [0, 0.1) is 5.92 Å². The van der Waals surface area contributed by atoms with Crippen molar-refractivity contribution in [1.29, 1.82) is 0 Å². The van der Waals surface area contributed by atoms with Gasteiger partial charge in [-0.2, -0.15) is 0 Å². The summed E-state index contributed by atoms with van der Waals surface area (Å²) in [6.45, 7) is 1.78. The molecule has 0 aromatic heterocycles. The Kier molecular flexibility index (Phi) is 10.6. The van der Waals surface area contributed by atoms with E-state index in [9.17, 15) is 4.79 Å². The maximum absolute atomic E-state index is 12.7. The Morgan fingerprint density at radius 1 is 1.05 bits per heavy atom. The molecule has 3 N–H and O–H groups in total. The molecule has 2 rings (SSSR count). The van der Waals surface area contributed by atoms with Crippen molar-refractivity contribution >= 4 is 30.7 Å². The van der Waals surface area contributed by atoms with Gasteiger partial charge in [0.05, 0.1) is 5.92 Å². The summed E-state index contributed by atoms with van der Waals surface area (Å²) in [5, 5.41) is 3.30. The summed E-state index contributed by atoms with van der Waals surface area (Å²) in [5.41, 5.74) is 6.26. The molecule has 0 radical (unpaired) electrons. The molecule has 1 heterocycles. The van der Waals surface area contributed by atoms with Crippen LogP contribution >= 0.6 is 24.8 Å². The Balaban J connectivity index is 0.00000200. The minimum Gasteiger partial charge on any atom is -0.341 e. The van der Waals surface area contributed by atoms with Crippen LogP contribution in [0.5, 0.6) is 0 Å². The Bertz CT molecular complexity index is 305. The van der Waals surface area contributed by atoms with Gasteiger partial charge in [-0.25, -0.2) is 0 Å². The molecule has 2 aliphatic rings. The van der Waals surface area contributed by atoms with Crippen LogP contribution in [0.15, 0.2) is 0 Å². The predicted molar refractivity (Wildman–Crippen MR) is 92.3 cm³/mol. The van der Waals surface area contributed by atoms with E-state index in [4.69, 9.17) is 5.73 Å². The lowest BCUT2D eigenvalue weighted by Crippen LogP contribution is -2.51. The van der Waals surface area contributed by atoms with Gasteiger partial charge in [-0.15, -0.1) is 24.8 Å². The first-order valence-corrected chi connectivity index (χ1v) is 7.94. The second-order valence-electron chi connectivity index (χ2n) is 6.17. The molecule has 0 aromatic carbocycles. The number of hydrogen-bond acceptors (Lipinski definition) is 3. The molecule has 1 saturated heterocycles. The molecule has 21 heavy (non-hydrogen) atoms. The number of hydrogen-bond donors (Lipinski definition) is 2. The molecule has 2 fully saturated rings. The zero-order chi connectivity index (χ0) is 13.7. The fourth-order valence-electron chi connectivity index (χ4n) is 3.47. The van der Waals surface area contributed by atoms with E-state index < -0.39 is 0 Å². The summed E-state index contributed by atoms with van der Waals surface area (Å²) in [5.74, 6) is 0.380. The monoisotopic (exact) mass is 339 g/mol. The van der Waals surface area contributed by atoms with Gasteiger partial charge in [-0.05, 0) is 32.7 Å². The number of likely N-dealkylation sites (tertiary alicyclic amines) is 1. The van der Waals surface area contributed by atoms with Gasteiger partial charge in [0.2, 0.25) is 5.91 Å². The first-order chi connectivity index (χ1) is 9.22. The summed E-state index contributed by atoms with van der Waals surface area (Å²) in [7, 11) is 1.99. The van der Waals surface area contributed by atoms with E-state index in [1.54, 1.807) is 0 Å². The fourth-order valence-corrected chi connectivity index (χ4v) is 3.47. The normalized spacial score (nSPS) is 30.4. The molecule has 1 saturated carbocycles. The number of nitrogens with two attached hydrogens (primary N) is 1. The highest BCUT2D eigenvalue weighted by atomic mass is 35.5. The Morgan fingerprint density at radius 3 is 2.38 bits per heavy atom. The smallest absolute Gasteiger partial charge is 0.227 e. The molecule has 0 aromatic rings. The molecule has 126 valence electrons. The standard InChI is InChI=1S/C15H29N3O.2ClH/c1-17-12-7-6-10-18(11-12)15(19)13-8-4-2-3-5-9-14(13)16;;/h12-14,17H,2-11,16H2,1H3;2*1H. The van der Waals surface area contributed by atoms with Gasteiger partial charge >= 0.3 is 0 Å². The molecular formula is C15H31Cl2N3O. The number of carbonyl (C=O) groups excluding carboxylic acids is 1. The minimum absolute atomic E-state index is 0. The molecule has 3 atom stereocenters. The lowest BCUT2D eigenvalue weighted by Gasteiger charge is -2.36. The molecule has 1 aliphatic heterocycles. The highest BCUT2D eigenvalue weighted by molar-refractivity contribution is 5.85. The van der Waals surface area contributed by atoms with E-state index in [-0.39, 0.29) is 36.8 Å². The molecular weight excluding hydrogens is 309 g/mol. The summed E-state index contributed by atoms with van der Waals surface area (Å²) in [6.07, 6.45) is 9.17. The number of likely N-dealkylation sites (N-methyl/N-ethyl adjacent to an activating group) is 1. The molecule has 1 aliphatic carbocycles. The molecule has 3 unspecified atom stereocenters. The van der Waals surface area contributed by atoms with Crippen LogP contribution in [0.3, 0.4) is 0 Å². The van der Waals surface area contributed by atoms with E-state index >= 15 is 0 Å². The molecule has 0 bridgehead atoms. The maximum atomic E-state index is 12.7. The third-order valence-corrected chi connectivity index (χ3v) is 4.78. The highest BCUT2D eigenvalue weighted by Crippen LogP contribution is 2.24. The third kappa shape index (κ3) is 5.93. The summed E-state index contributed by atoms with van der Waals surface area (Å²) < 4.78 is 0. The maximum Gasteiger partial charge on any atom is 0.227 e. The van der Waals surface area contributed by atoms with Crippen molar-refractivity contribution < 1.29 is 4.79 Å². The average Bonchev–Trinajstić information content (AvgIpc) is 2.43. The number of piperidine rings is 1. The Hall–Kier alpha value is -0.0300. The van der Waals surface area contributed by atoms with Crippen molar-refractivity contribution in [1.82, 2.24) is 10.2 Å². The van der Waals surface area contributed by atoms with Crippen LogP contribution in [-0.4, -0.2) is 43.0 Å². The van der Waals surface area contributed by atoms with Gasteiger partial charge < -0.3 is 16.0 Å². The van der Waals surface area contributed by atoms with Gasteiger partial charge in [-0.3, -0.25) is 4.79 Å². The SMILES string of the molecule is CNC1CCCN(C(=O)C2CCCCCCC2N)C1.Cl.Cl. The van der Waals surface area contributed by atoms with Crippen molar-refractivity contribution in [2.24, 2.45) is 11.7 Å². The quantitative estimate of drug-likeness (QED) is 0.811. The number of amides is 1. The van der Waals surface area contributed by atoms with Crippen LogP contribution in [-0.2, 0) is 4.79 Å². The van der Waals surface area contributed by atoms with E-state index in [1.807, 2.05) is 7.05 Å². The number of nitrogens with one attached hydrogen (secondary N) is 1. The number of carbonyl (C=O) groups is 1. The molecule has 4 nitrogen and oxygen atoms in total. The second kappa shape index (κ2) is 10.7. The number of nitrogens with zero attached hydrogens (tertiary/aromatic N) is 1. The Labute approximate surface area is 141 Å². The molecule has 0 spiro atoms. The van der Waals surface area contributed by atoms with Gasteiger partial charge in [0.1, 0.15) is 0 Å². The van der Waals surface area contributed by atoms with Crippen LogP contribution in [0.4, 0.5) is 0 Å². The average molecular weight is 340 g/mol. The minimum atomic E-state index is 0. The topological polar surface area (TPSA) is 58.4 Å². The number of halogens is 2. The first kappa shape index (κ1) is 21.0. The fraction of sp³-hybridized carbons (Fsp3) is 0.933. The first-order valence-electron chi connectivity index (χ1n) is 7.94. The van der Waals surface area contributed by atoms with Crippen LogP contribution < -0.4 is 11.1 Å². The van der Waals surface area contributed by atoms with Gasteiger partial charge in [0.25, 0.3) is 0 Å². The van der Waals surface area contributed by atoms with Crippen molar-refractivity contribution in [2.45, 2.75) is 63.5 Å². The van der Waals surface area contributed by atoms with Crippen molar-refractivity contribution in [2.75, 3.05) is 20.1 Å². The summed E-state index contributed by atoms with van der Waals surface area (Å²) >= 11 is 0. The largest absolute Gasteiger partial charge is 0.341 e. The van der Waals surface area contributed by atoms with E-state index in [2.05, 4.69) is 10.2 Å². The van der Waals surface area contributed by atoms with Gasteiger partial charge in [0, 0.05) is 25.2 Å². The molecule has 6 heteroatoms.